The van der Waals surface area contributed by atoms with Crippen LogP contribution in [0.1, 0.15) is 32.6 Å². The van der Waals surface area contributed by atoms with Gasteiger partial charge in [-0.25, -0.2) is 0 Å². The Bertz CT molecular complexity index is 301. The average molecular weight is 256 g/mol. The van der Waals surface area contributed by atoms with Crippen LogP contribution in [0.2, 0.25) is 0 Å². The second-order valence-electron chi connectivity index (χ2n) is 5.87. The molecule has 0 radical (unpaired) electrons. The Balaban J connectivity index is 1.96. The Hall–Kier alpha value is -0.650. The fourth-order valence-corrected chi connectivity index (χ4v) is 2.92. The Morgan fingerprint density at radius 3 is 2.78 bits per heavy atom. The second-order valence-corrected chi connectivity index (χ2v) is 5.87. The number of nitrogens with two attached hydrogens (primary N) is 1. The van der Waals surface area contributed by atoms with Crippen molar-refractivity contribution in [3.05, 3.63) is 0 Å². The van der Waals surface area contributed by atoms with Crippen molar-refractivity contribution in [2.24, 2.45) is 11.7 Å². The fourth-order valence-electron chi connectivity index (χ4n) is 2.92. The quantitative estimate of drug-likeness (QED) is 0.751. The normalized spacial score (nSPS) is 38.6. The van der Waals surface area contributed by atoms with Gasteiger partial charge in [0.25, 0.3) is 0 Å². The van der Waals surface area contributed by atoms with E-state index in [1.54, 1.807) is 0 Å². The third-order valence-corrected chi connectivity index (χ3v) is 4.27. The van der Waals surface area contributed by atoms with Crippen molar-refractivity contribution in [3.63, 3.8) is 0 Å². The van der Waals surface area contributed by atoms with Crippen LogP contribution in [0.25, 0.3) is 0 Å². The molecule has 5 nitrogen and oxygen atoms in total. The van der Waals surface area contributed by atoms with E-state index >= 15 is 0 Å². The van der Waals surface area contributed by atoms with Crippen molar-refractivity contribution >= 4 is 5.91 Å². The van der Waals surface area contributed by atoms with Crippen LogP contribution >= 0.6 is 0 Å². The maximum atomic E-state index is 11.4. The number of aliphatic hydroxyl groups is 1. The molecule has 0 spiro atoms. The molecule has 2 rings (SSSR count). The first kappa shape index (κ1) is 13.8. The van der Waals surface area contributed by atoms with Crippen molar-refractivity contribution in [3.8, 4) is 0 Å². The zero-order chi connectivity index (χ0) is 13.2. The van der Waals surface area contributed by atoms with Gasteiger partial charge in [0, 0.05) is 13.1 Å². The molecular weight excluding hydrogens is 232 g/mol. The summed E-state index contributed by atoms with van der Waals surface area (Å²) in [6.45, 7) is 4.39. The maximum Gasteiger partial charge on any atom is 0.237 e. The number of rotatable bonds is 3. The Labute approximate surface area is 108 Å². The van der Waals surface area contributed by atoms with Crippen LogP contribution in [0.5, 0.6) is 0 Å². The van der Waals surface area contributed by atoms with Gasteiger partial charge in [0.1, 0.15) is 6.04 Å². The third kappa shape index (κ3) is 3.22. The molecule has 104 valence electrons. The molecule has 5 heteroatoms. The number of β-amino-alcohol motifs (C(OH)–C–C–N with tert-alkyl or cyclic N) is 1. The number of carbonyl (C=O) groups excluding carboxylic acids is 1. The number of amides is 1. The van der Waals surface area contributed by atoms with E-state index in [1.807, 2.05) is 4.90 Å². The number of hydrogen-bond donors (Lipinski definition) is 2. The molecule has 1 unspecified atom stereocenters. The van der Waals surface area contributed by atoms with E-state index in [0.717, 1.165) is 25.7 Å². The van der Waals surface area contributed by atoms with Gasteiger partial charge in [0.2, 0.25) is 5.91 Å². The minimum atomic E-state index is -0.655. The fraction of sp³-hybridized carbons (Fsp3) is 0.923. The largest absolute Gasteiger partial charge is 0.389 e. The molecule has 2 aliphatic rings. The summed E-state index contributed by atoms with van der Waals surface area (Å²) >= 11 is 0. The minimum absolute atomic E-state index is 0.349. The van der Waals surface area contributed by atoms with Gasteiger partial charge in [0.05, 0.1) is 18.8 Å². The van der Waals surface area contributed by atoms with E-state index < -0.39 is 5.60 Å². The summed E-state index contributed by atoms with van der Waals surface area (Å²) in [6.07, 6.45) is 3.75. The summed E-state index contributed by atoms with van der Waals surface area (Å²) < 4.78 is 5.29. The number of hydrogen-bond acceptors (Lipinski definition) is 4. The highest BCUT2D eigenvalue weighted by molar-refractivity contribution is 5.80. The van der Waals surface area contributed by atoms with Crippen LogP contribution in [0.15, 0.2) is 0 Å². The summed E-state index contributed by atoms with van der Waals surface area (Å²) in [5.74, 6) is 0.337. The van der Waals surface area contributed by atoms with Gasteiger partial charge in [0.15, 0.2) is 0 Å². The molecule has 2 fully saturated rings. The summed E-state index contributed by atoms with van der Waals surface area (Å²) in [5.41, 5.74) is 4.73. The van der Waals surface area contributed by atoms with Crippen molar-refractivity contribution in [2.75, 3.05) is 26.3 Å². The zero-order valence-electron chi connectivity index (χ0n) is 11.1. The topological polar surface area (TPSA) is 75.8 Å². The molecule has 0 aromatic carbocycles. The third-order valence-electron chi connectivity index (χ3n) is 4.27. The van der Waals surface area contributed by atoms with E-state index in [-0.39, 0.29) is 11.9 Å². The molecule has 1 amide bonds. The van der Waals surface area contributed by atoms with E-state index in [2.05, 4.69) is 6.92 Å². The van der Waals surface area contributed by atoms with Crippen LogP contribution in [-0.2, 0) is 9.53 Å². The molecular formula is C13H24N2O3. The van der Waals surface area contributed by atoms with Crippen molar-refractivity contribution in [1.82, 2.24) is 4.90 Å². The monoisotopic (exact) mass is 256 g/mol. The predicted molar refractivity (Wildman–Crippen MR) is 68.0 cm³/mol. The lowest BCUT2D eigenvalue weighted by Gasteiger charge is -2.42. The highest BCUT2D eigenvalue weighted by atomic mass is 16.5. The van der Waals surface area contributed by atoms with Crippen molar-refractivity contribution in [2.45, 2.75) is 44.2 Å². The maximum absolute atomic E-state index is 11.4. The highest BCUT2D eigenvalue weighted by Crippen LogP contribution is 2.33. The highest BCUT2D eigenvalue weighted by Gasteiger charge is 2.37. The van der Waals surface area contributed by atoms with Crippen LogP contribution in [0.4, 0.5) is 0 Å². The molecule has 1 atom stereocenters. The molecule has 1 saturated heterocycles. The molecule has 0 bridgehead atoms. The van der Waals surface area contributed by atoms with Crippen LogP contribution in [0.3, 0.4) is 0 Å². The van der Waals surface area contributed by atoms with E-state index in [4.69, 9.17) is 10.5 Å². The first-order chi connectivity index (χ1) is 8.50. The van der Waals surface area contributed by atoms with E-state index in [9.17, 15) is 9.90 Å². The lowest BCUT2D eigenvalue weighted by Crippen LogP contribution is -2.57. The SMILES string of the molecule is CC1CCC(O)(CN2CCOCC2C(N)=O)CC1. The molecule has 1 heterocycles. The number of carbonyl (C=O) groups is 1. The zero-order valence-corrected chi connectivity index (χ0v) is 11.1. The molecule has 0 aromatic rings. The first-order valence-electron chi connectivity index (χ1n) is 6.84. The number of morpholine rings is 1. The lowest BCUT2D eigenvalue weighted by molar-refractivity contribution is -0.133. The van der Waals surface area contributed by atoms with Gasteiger partial charge in [-0.3, -0.25) is 9.69 Å². The Morgan fingerprint density at radius 1 is 1.50 bits per heavy atom. The van der Waals surface area contributed by atoms with Crippen LogP contribution in [0, 0.1) is 5.92 Å². The Kier molecular flexibility index (Phi) is 4.25. The van der Waals surface area contributed by atoms with Crippen molar-refractivity contribution < 1.29 is 14.6 Å². The molecule has 1 aliphatic heterocycles. The average Bonchev–Trinajstić information content (AvgIpc) is 2.34. The van der Waals surface area contributed by atoms with Gasteiger partial charge in [-0.05, 0) is 31.6 Å². The summed E-state index contributed by atoms with van der Waals surface area (Å²) in [7, 11) is 0. The van der Waals surface area contributed by atoms with E-state index in [0.29, 0.717) is 32.2 Å². The summed E-state index contributed by atoms with van der Waals surface area (Å²) in [5, 5.41) is 10.6. The molecule has 3 N–H and O–H groups in total. The van der Waals surface area contributed by atoms with Crippen LogP contribution in [-0.4, -0.2) is 53.9 Å². The summed E-state index contributed by atoms with van der Waals surface area (Å²) in [4.78, 5) is 13.4. The smallest absolute Gasteiger partial charge is 0.237 e. The summed E-state index contributed by atoms with van der Waals surface area (Å²) in [6, 6.07) is -0.387. The van der Waals surface area contributed by atoms with Gasteiger partial charge in [-0.1, -0.05) is 6.92 Å². The lowest BCUT2D eigenvalue weighted by atomic mass is 9.79. The Morgan fingerprint density at radius 2 is 2.17 bits per heavy atom. The minimum Gasteiger partial charge on any atom is -0.389 e. The van der Waals surface area contributed by atoms with Gasteiger partial charge >= 0.3 is 0 Å². The number of nitrogens with zero attached hydrogens (tertiary/aromatic N) is 1. The van der Waals surface area contributed by atoms with Gasteiger partial charge in [-0.15, -0.1) is 0 Å². The number of ether oxygens (including phenoxy) is 1. The standard InChI is InChI=1S/C13H24N2O3/c1-10-2-4-13(17,5-3-10)9-15-6-7-18-8-11(15)12(14)16/h10-11,17H,2-9H2,1H3,(H2,14,16). The second kappa shape index (κ2) is 5.55. The molecule has 0 aromatic heterocycles. The van der Waals surface area contributed by atoms with E-state index in [1.165, 1.54) is 0 Å². The molecule has 1 aliphatic carbocycles. The molecule has 18 heavy (non-hydrogen) atoms. The van der Waals surface area contributed by atoms with Crippen LogP contribution < -0.4 is 5.73 Å². The van der Waals surface area contributed by atoms with Gasteiger partial charge in [-0.2, -0.15) is 0 Å². The molecule has 1 saturated carbocycles. The number of primary amides is 1. The first-order valence-corrected chi connectivity index (χ1v) is 6.84. The van der Waals surface area contributed by atoms with Crippen molar-refractivity contribution in [1.29, 1.82) is 0 Å². The van der Waals surface area contributed by atoms with Gasteiger partial charge < -0.3 is 15.6 Å². The predicted octanol–water partition coefficient (Wildman–Crippen LogP) is 0.114.